The third kappa shape index (κ3) is 2.84. The number of nitrogens with one attached hydrogen (secondary N) is 1. The third-order valence-electron chi connectivity index (χ3n) is 1.72. The first-order valence-corrected chi connectivity index (χ1v) is 4.26. The molecule has 0 aliphatic heterocycles. The van der Waals surface area contributed by atoms with Crippen molar-refractivity contribution in [3.8, 4) is 0 Å². The predicted molar refractivity (Wildman–Crippen MR) is 55.4 cm³/mol. The molecule has 0 aliphatic rings. The van der Waals surface area contributed by atoms with Gasteiger partial charge in [0.25, 0.3) is 0 Å². The molecule has 0 aromatic carbocycles. The van der Waals surface area contributed by atoms with Crippen LogP contribution in [0.4, 0.5) is 0 Å². The molecule has 0 spiro atoms. The summed E-state index contributed by atoms with van der Waals surface area (Å²) in [4.78, 5) is 4.23. The van der Waals surface area contributed by atoms with Crippen molar-refractivity contribution in [2.45, 2.75) is 6.04 Å². The Balaban J connectivity index is 2.66. The topological polar surface area (TPSA) is 24.9 Å². The quantitative estimate of drug-likeness (QED) is 0.691. The Morgan fingerprint density at radius 1 is 1.46 bits per heavy atom. The second-order valence-electron chi connectivity index (χ2n) is 2.66. The van der Waals surface area contributed by atoms with Gasteiger partial charge in [-0.15, -0.1) is 13.2 Å². The number of aromatic nitrogens is 1. The lowest BCUT2D eigenvalue weighted by atomic mass is 10.2. The van der Waals surface area contributed by atoms with E-state index in [2.05, 4.69) is 23.5 Å². The maximum atomic E-state index is 4.23. The summed E-state index contributed by atoms with van der Waals surface area (Å²) in [6.07, 6.45) is 5.44. The number of pyridine rings is 1. The van der Waals surface area contributed by atoms with Crippen LogP contribution in [0.2, 0.25) is 0 Å². The van der Waals surface area contributed by atoms with Gasteiger partial charge in [0.1, 0.15) is 0 Å². The fourth-order valence-electron chi connectivity index (χ4n) is 1.08. The SMILES string of the molecule is C=CCNC(C=C)c1ccccn1. The summed E-state index contributed by atoms with van der Waals surface area (Å²) >= 11 is 0. The first-order chi connectivity index (χ1) is 6.38. The van der Waals surface area contributed by atoms with E-state index in [1.54, 1.807) is 6.20 Å². The molecule has 68 valence electrons. The van der Waals surface area contributed by atoms with Crippen molar-refractivity contribution in [3.63, 3.8) is 0 Å². The average Bonchev–Trinajstić information content (AvgIpc) is 2.21. The number of hydrogen-bond acceptors (Lipinski definition) is 2. The second-order valence-corrected chi connectivity index (χ2v) is 2.66. The molecule has 0 aliphatic carbocycles. The highest BCUT2D eigenvalue weighted by molar-refractivity contribution is 5.13. The lowest BCUT2D eigenvalue weighted by molar-refractivity contribution is 0.656. The molecule has 0 bridgehead atoms. The summed E-state index contributed by atoms with van der Waals surface area (Å²) in [7, 11) is 0. The molecule has 0 amide bonds. The van der Waals surface area contributed by atoms with Crippen LogP contribution < -0.4 is 5.32 Å². The van der Waals surface area contributed by atoms with Crippen molar-refractivity contribution in [1.82, 2.24) is 10.3 Å². The Hall–Kier alpha value is -1.41. The molecule has 0 saturated heterocycles. The minimum absolute atomic E-state index is 0.110. The molecule has 13 heavy (non-hydrogen) atoms. The Labute approximate surface area is 79.0 Å². The summed E-state index contributed by atoms with van der Waals surface area (Å²) in [6, 6.07) is 5.95. The zero-order valence-corrected chi connectivity index (χ0v) is 7.61. The molecule has 2 heteroatoms. The van der Waals surface area contributed by atoms with E-state index in [1.165, 1.54) is 0 Å². The monoisotopic (exact) mass is 174 g/mol. The van der Waals surface area contributed by atoms with Gasteiger partial charge in [-0.2, -0.15) is 0 Å². The Bertz CT molecular complexity index is 267. The third-order valence-corrected chi connectivity index (χ3v) is 1.72. The van der Waals surface area contributed by atoms with Gasteiger partial charge in [-0.1, -0.05) is 18.2 Å². The summed E-state index contributed by atoms with van der Waals surface area (Å²) < 4.78 is 0. The molecule has 1 aromatic heterocycles. The van der Waals surface area contributed by atoms with Gasteiger partial charge in [-0.25, -0.2) is 0 Å². The molecule has 0 fully saturated rings. The fourth-order valence-corrected chi connectivity index (χ4v) is 1.08. The van der Waals surface area contributed by atoms with E-state index >= 15 is 0 Å². The van der Waals surface area contributed by atoms with Crippen molar-refractivity contribution in [2.75, 3.05) is 6.54 Å². The number of rotatable bonds is 5. The first-order valence-electron chi connectivity index (χ1n) is 4.26. The second kappa shape index (κ2) is 5.27. The van der Waals surface area contributed by atoms with Crippen LogP contribution in [0.25, 0.3) is 0 Å². The molecule has 1 N–H and O–H groups in total. The minimum Gasteiger partial charge on any atom is -0.302 e. The summed E-state index contributed by atoms with van der Waals surface area (Å²) in [5, 5.41) is 3.24. The van der Waals surface area contributed by atoms with Crippen molar-refractivity contribution in [2.24, 2.45) is 0 Å². The molecule has 1 atom stereocenters. The summed E-state index contributed by atoms with van der Waals surface area (Å²) in [5.74, 6) is 0. The molecule has 0 radical (unpaired) electrons. The van der Waals surface area contributed by atoms with E-state index in [9.17, 15) is 0 Å². The Morgan fingerprint density at radius 3 is 2.85 bits per heavy atom. The minimum atomic E-state index is 0.110. The van der Waals surface area contributed by atoms with Gasteiger partial charge in [-0.3, -0.25) is 4.98 Å². The van der Waals surface area contributed by atoms with E-state index in [4.69, 9.17) is 0 Å². The van der Waals surface area contributed by atoms with Crippen LogP contribution in [0.15, 0.2) is 49.7 Å². The molecule has 2 nitrogen and oxygen atoms in total. The van der Waals surface area contributed by atoms with Crippen LogP contribution in [0.1, 0.15) is 11.7 Å². The smallest absolute Gasteiger partial charge is 0.0680 e. The van der Waals surface area contributed by atoms with Gasteiger partial charge in [0.2, 0.25) is 0 Å². The highest BCUT2D eigenvalue weighted by Gasteiger charge is 2.04. The van der Waals surface area contributed by atoms with Crippen LogP contribution in [0, 0.1) is 0 Å². The summed E-state index contributed by atoms with van der Waals surface area (Å²) in [5.41, 5.74) is 0.986. The molecule has 1 rings (SSSR count). The summed E-state index contributed by atoms with van der Waals surface area (Å²) in [6.45, 7) is 8.15. The average molecular weight is 174 g/mol. The van der Waals surface area contributed by atoms with Crippen molar-refractivity contribution in [3.05, 3.63) is 55.4 Å². The maximum Gasteiger partial charge on any atom is 0.0680 e. The van der Waals surface area contributed by atoms with E-state index in [1.807, 2.05) is 30.4 Å². The van der Waals surface area contributed by atoms with Gasteiger partial charge < -0.3 is 5.32 Å². The number of nitrogens with zero attached hydrogens (tertiary/aromatic N) is 1. The standard InChI is InChI=1S/C11H14N2/c1-3-8-12-10(4-2)11-7-5-6-9-13-11/h3-7,9-10,12H,1-2,8H2. The van der Waals surface area contributed by atoms with Crippen LogP contribution in [0.3, 0.4) is 0 Å². The Kier molecular flexibility index (Phi) is 3.93. The molecule has 1 unspecified atom stereocenters. The van der Waals surface area contributed by atoms with E-state index < -0.39 is 0 Å². The zero-order chi connectivity index (χ0) is 9.52. The van der Waals surface area contributed by atoms with Gasteiger partial charge in [-0.05, 0) is 12.1 Å². The van der Waals surface area contributed by atoms with Crippen molar-refractivity contribution >= 4 is 0 Å². The van der Waals surface area contributed by atoms with Gasteiger partial charge in [0.15, 0.2) is 0 Å². The van der Waals surface area contributed by atoms with Gasteiger partial charge >= 0.3 is 0 Å². The molecular formula is C11H14N2. The highest BCUT2D eigenvalue weighted by atomic mass is 14.9. The van der Waals surface area contributed by atoms with Crippen LogP contribution in [0.5, 0.6) is 0 Å². The lowest BCUT2D eigenvalue weighted by Gasteiger charge is -2.11. The molecule has 1 heterocycles. The first kappa shape index (κ1) is 9.68. The number of hydrogen-bond donors (Lipinski definition) is 1. The lowest BCUT2D eigenvalue weighted by Crippen LogP contribution is -2.20. The van der Waals surface area contributed by atoms with Crippen LogP contribution in [-0.2, 0) is 0 Å². The highest BCUT2D eigenvalue weighted by Crippen LogP contribution is 2.09. The molecule has 0 saturated carbocycles. The molecular weight excluding hydrogens is 160 g/mol. The van der Waals surface area contributed by atoms with Crippen LogP contribution in [-0.4, -0.2) is 11.5 Å². The van der Waals surface area contributed by atoms with E-state index in [0.717, 1.165) is 12.2 Å². The van der Waals surface area contributed by atoms with Crippen LogP contribution >= 0.6 is 0 Å². The largest absolute Gasteiger partial charge is 0.302 e. The van der Waals surface area contributed by atoms with Crippen molar-refractivity contribution < 1.29 is 0 Å². The fraction of sp³-hybridized carbons (Fsp3) is 0.182. The normalized spacial score (nSPS) is 12.0. The predicted octanol–water partition coefficient (Wildman–Crippen LogP) is 2.08. The van der Waals surface area contributed by atoms with Gasteiger partial charge in [0, 0.05) is 12.7 Å². The van der Waals surface area contributed by atoms with E-state index in [0.29, 0.717) is 0 Å². The van der Waals surface area contributed by atoms with Crippen molar-refractivity contribution in [1.29, 1.82) is 0 Å². The van der Waals surface area contributed by atoms with E-state index in [-0.39, 0.29) is 6.04 Å². The van der Waals surface area contributed by atoms with Gasteiger partial charge in [0.05, 0.1) is 11.7 Å². The molecule has 1 aromatic rings. The Morgan fingerprint density at radius 2 is 2.31 bits per heavy atom. The maximum absolute atomic E-state index is 4.23. The zero-order valence-electron chi connectivity index (χ0n) is 7.61.